The van der Waals surface area contributed by atoms with Crippen molar-refractivity contribution in [2.75, 3.05) is 6.61 Å². The van der Waals surface area contributed by atoms with Gasteiger partial charge in [-0.2, -0.15) is 5.26 Å². The molecule has 0 aliphatic rings. The number of nitriles is 1. The predicted octanol–water partition coefficient (Wildman–Crippen LogP) is 0.902. The number of halogens is 1. The first-order valence-corrected chi connectivity index (χ1v) is 5.03. The van der Waals surface area contributed by atoms with Gasteiger partial charge in [-0.15, -0.1) is 0 Å². The van der Waals surface area contributed by atoms with Crippen molar-refractivity contribution >= 4 is 17.6 Å². The molecule has 0 aliphatic carbocycles. The molecule has 6 nitrogen and oxygen atoms in total. The molecular formula is C10H10ClN3O3. The lowest BCUT2D eigenvalue weighted by Gasteiger charge is -2.07. The van der Waals surface area contributed by atoms with Gasteiger partial charge < -0.3 is 9.57 Å². The first-order chi connectivity index (χ1) is 8.17. The van der Waals surface area contributed by atoms with Gasteiger partial charge in [0.2, 0.25) is 0 Å². The molecule has 1 rings (SSSR count). The minimum absolute atomic E-state index is 0.00157. The molecule has 3 N–H and O–H groups in total. The highest BCUT2D eigenvalue weighted by Gasteiger charge is 2.06. The summed E-state index contributed by atoms with van der Waals surface area (Å²) in [7, 11) is 0. The minimum Gasteiger partial charge on any atom is -0.492 e. The standard InChI is InChI=1S/C10H10ClN3O3/c11-8-2-1-7(6-12)9(5-8)16-4-3-10(15)17-14-13/h1-2,5,14H,3-4,13H2. The first kappa shape index (κ1) is 13.3. The lowest BCUT2D eigenvalue weighted by molar-refractivity contribution is -0.151. The average Bonchev–Trinajstić information content (AvgIpc) is 2.30. The number of nitrogens with zero attached hydrogens (tertiary/aromatic N) is 1. The Morgan fingerprint density at radius 3 is 3.00 bits per heavy atom. The van der Waals surface area contributed by atoms with Crippen molar-refractivity contribution in [2.24, 2.45) is 5.84 Å². The van der Waals surface area contributed by atoms with Gasteiger partial charge in [0.25, 0.3) is 0 Å². The van der Waals surface area contributed by atoms with Gasteiger partial charge in [-0.25, -0.2) is 5.84 Å². The van der Waals surface area contributed by atoms with E-state index in [-0.39, 0.29) is 13.0 Å². The fourth-order valence-corrected chi connectivity index (χ4v) is 1.23. The van der Waals surface area contributed by atoms with Gasteiger partial charge in [0.1, 0.15) is 11.8 Å². The zero-order chi connectivity index (χ0) is 12.7. The van der Waals surface area contributed by atoms with Gasteiger partial charge in [-0.3, -0.25) is 4.79 Å². The number of hydrogen-bond acceptors (Lipinski definition) is 6. The topological polar surface area (TPSA) is 97.4 Å². The number of hydrogen-bond donors (Lipinski definition) is 2. The third kappa shape index (κ3) is 4.28. The van der Waals surface area contributed by atoms with Crippen molar-refractivity contribution in [3.63, 3.8) is 0 Å². The predicted molar refractivity (Wildman–Crippen MR) is 59.7 cm³/mol. The van der Waals surface area contributed by atoms with E-state index in [4.69, 9.17) is 27.4 Å². The summed E-state index contributed by atoms with van der Waals surface area (Å²) in [6.45, 7) is 0.0650. The van der Waals surface area contributed by atoms with Crippen LogP contribution in [0.15, 0.2) is 18.2 Å². The van der Waals surface area contributed by atoms with Crippen LogP contribution in [-0.4, -0.2) is 12.6 Å². The quantitative estimate of drug-likeness (QED) is 0.599. The lowest BCUT2D eigenvalue weighted by atomic mass is 10.2. The van der Waals surface area contributed by atoms with Crippen LogP contribution < -0.4 is 16.2 Å². The second-order valence-corrected chi connectivity index (χ2v) is 3.38. The van der Waals surface area contributed by atoms with Crippen LogP contribution in [0.2, 0.25) is 5.02 Å². The SMILES string of the molecule is N#Cc1ccc(Cl)cc1OCCC(=O)ONN. The second-order valence-electron chi connectivity index (χ2n) is 2.94. The molecule has 0 aromatic heterocycles. The van der Waals surface area contributed by atoms with Crippen LogP contribution in [0.3, 0.4) is 0 Å². The van der Waals surface area contributed by atoms with Gasteiger partial charge in [0.05, 0.1) is 18.6 Å². The van der Waals surface area contributed by atoms with Crippen molar-refractivity contribution in [3.05, 3.63) is 28.8 Å². The number of hydrazine groups is 1. The lowest BCUT2D eigenvalue weighted by Crippen LogP contribution is -2.27. The van der Waals surface area contributed by atoms with E-state index in [1.807, 2.05) is 6.07 Å². The average molecular weight is 256 g/mol. The minimum atomic E-state index is -0.562. The molecule has 1 aromatic rings. The monoisotopic (exact) mass is 255 g/mol. The van der Waals surface area contributed by atoms with E-state index in [0.29, 0.717) is 16.3 Å². The molecule has 0 heterocycles. The van der Waals surface area contributed by atoms with E-state index in [0.717, 1.165) is 0 Å². The summed E-state index contributed by atoms with van der Waals surface area (Å²) in [5.41, 5.74) is 2.12. The molecule has 0 radical (unpaired) electrons. The number of nitrogens with two attached hydrogens (primary N) is 1. The van der Waals surface area contributed by atoms with E-state index in [1.54, 1.807) is 11.7 Å². The number of ether oxygens (including phenoxy) is 1. The van der Waals surface area contributed by atoms with Gasteiger partial charge in [-0.05, 0) is 12.1 Å². The Morgan fingerprint density at radius 2 is 2.35 bits per heavy atom. The van der Waals surface area contributed by atoms with Crippen LogP contribution in [-0.2, 0) is 9.63 Å². The smallest absolute Gasteiger partial charge is 0.329 e. The van der Waals surface area contributed by atoms with Gasteiger partial charge in [0, 0.05) is 11.1 Å². The highest BCUT2D eigenvalue weighted by atomic mass is 35.5. The van der Waals surface area contributed by atoms with Crippen LogP contribution >= 0.6 is 11.6 Å². The molecule has 0 atom stereocenters. The molecule has 0 unspecified atom stereocenters. The molecule has 0 amide bonds. The molecule has 7 heteroatoms. The highest BCUT2D eigenvalue weighted by molar-refractivity contribution is 6.30. The summed E-state index contributed by atoms with van der Waals surface area (Å²) in [5, 5.41) is 9.26. The highest BCUT2D eigenvalue weighted by Crippen LogP contribution is 2.22. The van der Waals surface area contributed by atoms with Gasteiger partial charge >= 0.3 is 5.97 Å². The van der Waals surface area contributed by atoms with Gasteiger partial charge in [-0.1, -0.05) is 17.2 Å². The van der Waals surface area contributed by atoms with Crippen LogP contribution in [0.5, 0.6) is 5.75 Å². The summed E-state index contributed by atoms with van der Waals surface area (Å²) >= 11 is 5.76. The normalized spacial score (nSPS) is 9.47. The molecule has 0 fully saturated rings. The Balaban J connectivity index is 2.54. The molecule has 90 valence electrons. The summed E-state index contributed by atoms with van der Waals surface area (Å²) in [6, 6.07) is 6.58. The van der Waals surface area contributed by atoms with Crippen molar-refractivity contribution < 1.29 is 14.4 Å². The van der Waals surface area contributed by atoms with Crippen molar-refractivity contribution in [1.82, 2.24) is 5.59 Å². The van der Waals surface area contributed by atoms with Crippen LogP contribution in [0, 0.1) is 11.3 Å². The Morgan fingerprint density at radius 1 is 1.59 bits per heavy atom. The largest absolute Gasteiger partial charge is 0.492 e. The molecule has 1 aromatic carbocycles. The third-order valence-electron chi connectivity index (χ3n) is 1.80. The zero-order valence-corrected chi connectivity index (χ0v) is 9.53. The van der Waals surface area contributed by atoms with E-state index < -0.39 is 5.97 Å². The fraction of sp³-hybridized carbons (Fsp3) is 0.200. The zero-order valence-electron chi connectivity index (χ0n) is 8.77. The molecular weight excluding hydrogens is 246 g/mol. The Hall–Kier alpha value is -1.81. The van der Waals surface area contributed by atoms with E-state index >= 15 is 0 Å². The maximum absolute atomic E-state index is 10.9. The molecule has 0 spiro atoms. The Labute approximate surface area is 103 Å². The number of nitrogens with one attached hydrogen (secondary N) is 1. The molecule has 0 saturated carbocycles. The molecule has 0 saturated heterocycles. The number of carbonyl (C=O) groups excluding carboxylic acids is 1. The molecule has 17 heavy (non-hydrogen) atoms. The van der Waals surface area contributed by atoms with E-state index in [9.17, 15) is 4.79 Å². The van der Waals surface area contributed by atoms with Crippen molar-refractivity contribution in [2.45, 2.75) is 6.42 Å². The number of benzene rings is 1. The van der Waals surface area contributed by atoms with Crippen LogP contribution in [0.25, 0.3) is 0 Å². The van der Waals surface area contributed by atoms with Crippen LogP contribution in [0.1, 0.15) is 12.0 Å². The van der Waals surface area contributed by atoms with Crippen molar-refractivity contribution in [3.8, 4) is 11.8 Å². The Kier molecular flexibility index (Phi) is 5.23. The summed E-state index contributed by atoms with van der Waals surface area (Å²) in [4.78, 5) is 15.2. The van der Waals surface area contributed by atoms with Crippen LogP contribution in [0.4, 0.5) is 0 Å². The third-order valence-corrected chi connectivity index (χ3v) is 2.04. The fourth-order valence-electron chi connectivity index (χ4n) is 1.07. The number of rotatable bonds is 5. The second kappa shape index (κ2) is 6.70. The van der Waals surface area contributed by atoms with E-state index in [2.05, 4.69) is 4.84 Å². The van der Waals surface area contributed by atoms with Gasteiger partial charge in [0.15, 0.2) is 0 Å². The summed E-state index contributed by atoms with van der Waals surface area (Å²) in [6.07, 6.45) is 0.00157. The molecule has 0 bridgehead atoms. The van der Waals surface area contributed by atoms with Crippen molar-refractivity contribution in [1.29, 1.82) is 5.26 Å². The Bertz CT molecular complexity index is 445. The summed E-state index contributed by atoms with van der Waals surface area (Å²) in [5.74, 6) is 4.55. The maximum atomic E-state index is 10.9. The first-order valence-electron chi connectivity index (χ1n) is 4.65. The van der Waals surface area contributed by atoms with E-state index in [1.165, 1.54) is 12.1 Å². The maximum Gasteiger partial charge on any atom is 0.329 e. The summed E-state index contributed by atoms with van der Waals surface area (Å²) < 4.78 is 5.25. The molecule has 0 aliphatic heterocycles. The number of carbonyl (C=O) groups is 1.